The Morgan fingerprint density at radius 3 is 2.88 bits per heavy atom. The van der Waals surface area contributed by atoms with Crippen LogP contribution in [0.25, 0.3) is 11.4 Å². The van der Waals surface area contributed by atoms with Crippen molar-refractivity contribution >= 4 is 23.6 Å². The zero-order chi connectivity index (χ0) is 17.8. The van der Waals surface area contributed by atoms with E-state index in [2.05, 4.69) is 20.7 Å². The molecule has 1 aromatic carbocycles. The summed E-state index contributed by atoms with van der Waals surface area (Å²) in [7, 11) is 3.46. The highest BCUT2D eigenvalue weighted by Gasteiger charge is 2.16. The first kappa shape index (κ1) is 17.0. The summed E-state index contributed by atoms with van der Waals surface area (Å²) in [4.78, 5) is 12.0. The number of nitrogens with zero attached hydrogens (tertiary/aromatic N) is 4. The smallest absolute Gasteiger partial charge is 0.237 e. The number of para-hydroxylation sites is 1. The maximum Gasteiger partial charge on any atom is 0.237 e. The maximum atomic E-state index is 12.0. The van der Waals surface area contributed by atoms with E-state index in [1.165, 1.54) is 11.8 Å². The Bertz CT molecular complexity index is 890. The number of anilines is 1. The van der Waals surface area contributed by atoms with Crippen LogP contribution in [0.15, 0.2) is 40.0 Å². The summed E-state index contributed by atoms with van der Waals surface area (Å²) in [6.45, 7) is 1.78. The van der Waals surface area contributed by atoms with Crippen molar-refractivity contribution in [3.05, 3.63) is 36.0 Å². The van der Waals surface area contributed by atoms with Crippen molar-refractivity contribution in [2.45, 2.75) is 12.1 Å². The maximum absolute atomic E-state index is 12.0. The molecule has 1 N–H and O–H groups in total. The van der Waals surface area contributed by atoms with Crippen LogP contribution in [0.3, 0.4) is 0 Å². The van der Waals surface area contributed by atoms with E-state index in [-0.39, 0.29) is 11.7 Å². The number of carbonyl (C=O) groups is 1. The van der Waals surface area contributed by atoms with Gasteiger partial charge in [-0.3, -0.25) is 10.1 Å². The van der Waals surface area contributed by atoms with Crippen LogP contribution in [0.2, 0.25) is 0 Å². The van der Waals surface area contributed by atoms with Gasteiger partial charge in [-0.25, -0.2) is 0 Å². The van der Waals surface area contributed by atoms with Gasteiger partial charge in [0.2, 0.25) is 11.8 Å². The van der Waals surface area contributed by atoms with Gasteiger partial charge < -0.3 is 13.8 Å². The molecule has 2 heterocycles. The van der Waals surface area contributed by atoms with Gasteiger partial charge >= 0.3 is 0 Å². The summed E-state index contributed by atoms with van der Waals surface area (Å²) in [6.07, 6.45) is 0. The molecule has 0 aliphatic rings. The summed E-state index contributed by atoms with van der Waals surface area (Å²) in [5.41, 5.74) is 1.55. The van der Waals surface area contributed by atoms with Crippen molar-refractivity contribution in [2.75, 3.05) is 18.2 Å². The van der Waals surface area contributed by atoms with Gasteiger partial charge in [-0.15, -0.1) is 10.2 Å². The predicted molar refractivity (Wildman–Crippen MR) is 93.6 cm³/mol. The fourth-order valence-corrected chi connectivity index (χ4v) is 2.94. The van der Waals surface area contributed by atoms with E-state index in [9.17, 15) is 4.79 Å². The van der Waals surface area contributed by atoms with Crippen LogP contribution in [0.1, 0.15) is 5.69 Å². The Balaban J connectivity index is 1.68. The van der Waals surface area contributed by atoms with Crippen LogP contribution in [-0.2, 0) is 11.8 Å². The minimum absolute atomic E-state index is 0.178. The number of aryl methyl sites for hydroxylation is 1. The third kappa shape index (κ3) is 3.82. The predicted octanol–water partition coefficient (Wildman–Crippen LogP) is 2.52. The Kier molecular flexibility index (Phi) is 5.03. The summed E-state index contributed by atoms with van der Waals surface area (Å²) in [6, 6.07) is 9.24. The SMILES string of the molecule is COc1ccccc1-c1nnc(SCC(=O)Nc2cc(C)no2)n1C. The van der Waals surface area contributed by atoms with Crippen LogP contribution < -0.4 is 10.1 Å². The molecular formula is C16H17N5O3S. The highest BCUT2D eigenvalue weighted by Crippen LogP contribution is 2.29. The second kappa shape index (κ2) is 7.39. The average Bonchev–Trinajstić information content (AvgIpc) is 3.18. The van der Waals surface area contributed by atoms with Crippen molar-refractivity contribution in [3.8, 4) is 17.1 Å². The van der Waals surface area contributed by atoms with E-state index in [4.69, 9.17) is 9.26 Å². The van der Waals surface area contributed by atoms with Gasteiger partial charge in [0.25, 0.3) is 0 Å². The van der Waals surface area contributed by atoms with Crippen LogP contribution in [0, 0.1) is 6.92 Å². The first-order valence-electron chi connectivity index (χ1n) is 7.47. The minimum atomic E-state index is -0.206. The highest BCUT2D eigenvalue weighted by atomic mass is 32.2. The summed E-state index contributed by atoms with van der Waals surface area (Å²) in [5.74, 6) is 1.69. The molecule has 8 nitrogen and oxygen atoms in total. The summed E-state index contributed by atoms with van der Waals surface area (Å²) < 4.78 is 12.1. The zero-order valence-corrected chi connectivity index (χ0v) is 14.8. The average molecular weight is 359 g/mol. The van der Waals surface area contributed by atoms with Crippen molar-refractivity contribution in [1.82, 2.24) is 19.9 Å². The van der Waals surface area contributed by atoms with Crippen LogP contribution in [-0.4, -0.2) is 38.7 Å². The number of rotatable bonds is 6. The Hall–Kier alpha value is -2.81. The van der Waals surface area contributed by atoms with Gasteiger partial charge in [0, 0.05) is 13.1 Å². The number of ether oxygens (including phenoxy) is 1. The third-order valence-electron chi connectivity index (χ3n) is 3.41. The summed E-state index contributed by atoms with van der Waals surface area (Å²) in [5, 5.41) is 15.4. The molecular weight excluding hydrogens is 342 g/mol. The lowest BCUT2D eigenvalue weighted by atomic mass is 10.2. The van der Waals surface area contributed by atoms with Crippen molar-refractivity contribution < 1.29 is 14.1 Å². The molecule has 0 saturated heterocycles. The number of benzene rings is 1. The van der Waals surface area contributed by atoms with Crippen molar-refractivity contribution in [3.63, 3.8) is 0 Å². The number of methoxy groups -OCH3 is 1. The molecule has 0 unspecified atom stereocenters. The van der Waals surface area contributed by atoms with E-state index in [0.717, 1.165) is 5.56 Å². The van der Waals surface area contributed by atoms with E-state index < -0.39 is 0 Å². The van der Waals surface area contributed by atoms with Gasteiger partial charge in [-0.05, 0) is 19.1 Å². The van der Waals surface area contributed by atoms with Crippen LogP contribution in [0.4, 0.5) is 5.88 Å². The fraction of sp³-hybridized carbons (Fsp3) is 0.250. The number of hydrogen-bond donors (Lipinski definition) is 1. The number of nitrogens with one attached hydrogen (secondary N) is 1. The lowest BCUT2D eigenvalue weighted by Gasteiger charge is -2.08. The second-order valence-corrected chi connectivity index (χ2v) is 6.18. The first-order chi connectivity index (χ1) is 12.1. The van der Waals surface area contributed by atoms with E-state index >= 15 is 0 Å². The second-order valence-electron chi connectivity index (χ2n) is 5.23. The van der Waals surface area contributed by atoms with Crippen molar-refractivity contribution in [2.24, 2.45) is 7.05 Å². The molecule has 2 aromatic heterocycles. The molecule has 0 saturated carbocycles. The number of carbonyl (C=O) groups excluding carboxylic acids is 1. The van der Waals surface area contributed by atoms with Gasteiger partial charge in [0.1, 0.15) is 5.75 Å². The van der Waals surface area contributed by atoms with E-state index in [1.807, 2.05) is 35.9 Å². The molecule has 0 radical (unpaired) electrons. The van der Waals surface area contributed by atoms with Gasteiger partial charge in [0.05, 0.1) is 24.1 Å². The lowest BCUT2D eigenvalue weighted by molar-refractivity contribution is -0.113. The van der Waals surface area contributed by atoms with Gasteiger partial charge in [0.15, 0.2) is 11.0 Å². The Labute approximate surface area is 148 Å². The molecule has 0 fully saturated rings. The molecule has 0 spiro atoms. The van der Waals surface area contributed by atoms with Gasteiger partial charge in [-0.2, -0.15) is 0 Å². The molecule has 1 amide bonds. The lowest BCUT2D eigenvalue weighted by Crippen LogP contribution is -2.14. The van der Waals surface area contributed by atoms with Crippen molar-refractivity contribution in [1.29, 1.82) is 0 Å². The number of thioether (sulfide) groups is 1. The normalized spacial score (nSPS) is 10.7. The van der Waals surface area contributed by atoms with Crippen LogP contribution >= 0.6 is 11.8 Å². The Morgan fingerprint density at radius 2 is 2.16 bits per heavy atom. The number of amides is 1. The fourth-order valence-electron chi connectivity index (χ4n) is 2.23. The molecule has 3 aromatic rings. The third-order valence-corrected chi connectivity index (χ3v) is 4.43. The molecule has 9 heteroatoms. The topological polar surface area (TPSA) is 95.1 Å². The molecule has 0 atom stereocenters. The monoisotopic (exact) mass is 359 g/mol. The summed E-state index contributed by atoms with van der Waals surface area (Å²) >= 11 is 1.28. The molecule has 0 aliphatic heterocycles. The standard InChI is InChI=1S/C16H17N5O3S/c1-10-8-14(24-20-10)17-13(22)9-25-16-19-18-15(21(16)2)11-6-4-5-7-12(11)23-3/h4-8H,9H2,1-3H3,(H,17,22). The zero-order valence-electron chi connectivity index (χ0n) is 14.0. The first-order valence-corrected chi connectivity index (χ1v) is 8.46. The largest absolute Gasteiger partial charge is 0.496 e. The number of hydrogen-bond acceptors (Lipinski definition) is 7. The van der Waals surface area contributed by atoms with Crippen LogP contribution in [0.5, 0.6) is 5.75 Å². The Morgan fingerprint density at radius 1 is 1.36 bits per heavy atom. The molecule has 130 valence electrons. The molecule has 0 bridgehead atoms. The molecule has 3 rings (SSSR count). The highest BCUT2D eigenvalue weighted by molar-refractivity contribution is 7.99. The minimum Gasteiger partial charge on any atom is -0.496 e. The van der Waals surface area contributed by atoms with Gasteiger partial charge in [-0.1, -0.05) is 29.1 Å². The molecule has 25 heavy (non-hydrogen) atoms. The quantitative estimate of drug-likeness (QED) is 0.676. The van der Waals surface area contributed by atoms with E-state index in [0.29, 0.717) is 28.3 Å². The van der Waals surface area contributed by atoms with E-state index in [1.54, 1.807) is 20.1 Å². The molecule has 0 aliphatic carbocycles. The number of aromatic nitrogens is 4.